The van der Waals surface area contributed by atoms with Crippen LogP contribution in [0, 0.1) is 5.92 Å². The first-order valence-corrected chi connectivity index (χ1v) is 11.5. The van der Waals surface area contributed by atoms with Crippen LogP contribution in [0.2, 0.25) is 0 Å². The second-order valence-corrected chi connectivity index (χ2v) is 8.55. The average molecular weight is 453 g/mol. The number of rotatable bonds is 11. The number of ether oxygens (including phenoxy) is 1. The van der Waals surface area contributed by atoms with Crippen molar-refractivity contribution in [3.63, 3.8) is 0 Å². The molecule has 0 saturated heterocycles. The average Bonchev–Trinajstić information content (AvgIpc) is 3.13. The Labute approximate surface area is 194 Å². The number of benzene rings is 2. The Kier molecular flexibility index (Phi) is 8.46. The van der Waals surface area contributed by atoms with E-state index < -0.39 is 18.1 Å². The summed E-state index contributed by atoms with van der Waals surface area (Å²) in [6, 6.07) is 15.6. The van der Waals surface area contributed by atoms with Crippen molar-refractivity contribution in [1.82, 2.24) is 10.6 Å². The van der Waals surface area contributed by atoms with Gasteiger partial charge in [0.25, 0.3) is 0 Å². The van der Waals surface area contributed by atoms with Gasteiger partial charge in [0.1, 0.15) is 12.6 Å². The Balaban J connectivity index is 1.48. The maximum absolute atomic E-state index is 12.5. The molecule has 176 valence electrons. The predicted octanol–water partition coefficient (Wildman–Crippen LogP) is 4.31. The van der Waals surface area contributed by atoms with Crippen LogP contribution < -0.4 is 10.6 Å². The number of hydrogen-bond acceptors (Lipinski definition) is 4. The summed E-state index contributed by atoms with van der Waals surface area (Å²) in [5.74, 6) is -0.929. The summed E-state index contributed by atoms with van der Waals surface area (Å²) in [6.07, 6.45) is 1.19. The van der Waals surface area contributed by atoms with E-state index in [4.69, 9.17) is 9.84 Å². The molecular weight excluding hydrogens is 420 g/mol. The van der Waals surface area contributed by atoms with E-state index in [9.17, 15) is 14.4 Å². The predicted molar refractivity (Wildman–Crippen MR) is 126 cm³/mol. The molecule has 1 aliphatic rings. The van der Waals surface area contributed by atoms with Crippen LogP contribution in [0.15, 0.2) is 48.5 Å². The van der Waals surface area contributed by atoms with Gasteiger partial charge in [0.2, 0.25) is 5.91 Å². The van der Waals surface area contributed by atoms with Crippen molar-refractivity contribution in [1.29, 1.82) is 0 Å². The van der Waals surface area contributed by atoms with Gasteiger partial charge in [0.15, 0.2) is 0 Å². The first-order valence-electron chi connectivity index (χ1n) is 11.5. The zero-order chi connectivity index (χ0) is 23.8. The van der Waals surface area contributed by atoms with Crippen LogP contribution in [-0.4, -0.2) is 42.3 Å². The van der Waals surface area contributed by atoms with Crippen LogP contribution in [-0.2, 0) is 14.3 Å². The number of carboxylic acid groups (broad SMARTS) is 1. The minimum Gasteiger partial charge on any atom is -0.481 e. The fourth-order valence-electron chi connectivity index (χ4n) is 4.21. The Bertz CT molecular complexity index is 945. The fourth-order valence-corrected chi connectivity index (χ4v) is 4.21. The summed E-state index contributed by atoms with van der Waals surface area (Å²) in [5.41, 5.74) is 4.58. The molecule has 0 aliphatic heterocycles. The number of carboxylic acids is 1. The van der Waals surface area contributed by atoms with E-state index in [-0.39, 0.29) is 30.8 Å². The van der Waals surface area contributed by atoms with Gasteiger partial charge in [0.05, 0.1) is 0 Å². The van der Waals surface area contributed by atoms with E-state index in [0.29, 0.717) is 25.8 Å². The second-order valence-electron chi connectivity index (χ2n) is 8.55. The van der Waals surface area contributed by atoms with Gasteiger partial charge >= 0.3 is 12.1 Å². The van der Waals surface area contributed by atoms with Crippen molar-refractivity contribution in [2.24, 2.45) is 5.92 Å². The highest BCUT2D eigenvalue weighted by Gasteiger charge is 2.29. The lowest BCUT2D eigenvalue weighted by molar-refractivity contribution is -0.137. The maximum atomic E-state index is 12.5. The van der Waals surface area contributed by atoms with E-state index in [0.717, 1.165) is 22.3 Å². The Morgan fingerprint density at radius 1 is 1.00 bits per heavy atom. The van der Waals surface area contributed by atoms with Crippen molar-refractivity contribution in [2.45, 2.75) is 51.5 Å². The zero-order valence-electron chi connectivity index (χ0n) is 19.2. The molecule has 33 heavy (non-hydrogen) atoms. The molecule has 0 aromatic heterocycles. The maximum Gasteiger partial charge on any atom is 0.407 e. The van der Waals surface area contributed by atoms with Crippen LogP contribution in [0.1, 0.15) is 56.6 Å². The summed E-state index contributed by atoms with van der Waals surface area (Å²) in [4.78, 5) is 35.6. The minimum atomic E-state index is -0.816. The molecule has 7 nitrogen and oxygen atoms in total. The Morgan fingerprint density at radius 2 is 1.61 bits per heavy atom. The van der Waals surface area contributed by atoms with E-state index in [1.807, 2.05) is 38.1 Å². The normalized spacial score (nSPS) is 14.0. The fraction of sp³-hybridized carbons (Fsp3) is 0.423. The smallest absolute Gasteiger partial charge is 0.407 e. The van der Waals surface area contributed by atoms with Crippen LogP contribution in [0.5, 0.6) is 0 Å². The van der Waals surface area contributed by atoms with Gasteiger partial charge < -0.3 is 20.5 Å². The molecule has 0 spiro atoms. The highest BCUT2D eigenvalue weighted by molar-refractivity contribution is 5.85. The number of hydrogen-bond donors (Lipinski definition) is 3. The standard InChI is InChI=1S/C26H32N2O5/c1-3-23(25(31)27-15-14-17(2)12-13-24(29)30)28-26(32)33-16-22-20-10-6-4-8-18(20)19-9-5-7-11-21(19)22/h4-11,17,22-23H,3,12-16H2,1-2H3,(H,27,31)(H,28,32)(H,29,30). The van der Waals surface area contributed by atoms with Gasteiger partial charge in [-0.05, 0) is 47.4 Å². The molecule has 2 unspecified atom stereocenters. The lowest BCUT2D eigenvalue weighted by atomic mass is 9.98. The van der Waals surface area contributed by atoms with Crippen LogP contribution >= 0.6 is 0 Å². The summed E-state index contributed by atoms with van der Waals surface area (Å²) in [6.45, 7) is 4.41. The van der Waals surface area contributed by atoms with E-state index >= 15 is 0 Å². The highest BCUT2D eigenvalue weighted by atomic mass is 16.5. The van der Waals surface area contributed by atoms with Gasteiger partial charge in [-0.25, -0.2) is 4.79 Å². The lowest BCUT2D eigenvalue weighted by Crippen LogP contribution is -2.47. The molecule has 3 N–H and O–H groups in total. The molecule has 2 amide bonds. The quantitative estimate of drug-likeness (QED) is 0.471. The third-order valence-electron chi connectivity index (χ3n) is 6.15. The molecule has 1 aliphatic carbocycles. The number of alkyl carbamates (subject to hydrolysis) is 1. The Morgan fingerprint density at radius 3 is 2.18 bits per heavy atom. The second kappa shape index (κ2) is 11.5. The van der Waals surface area contributed by atoms with E-state index in [1.54, 1.807) is 0 Å². The van der Waals surface area contributed by atoms with Gasteiger partial charge in [-0.2, -0.15) is 0 Å². The number of carbonyl (C=O) groups is 3. The monoisotopic (exact) mass is 452 g/mol. The van der Waals surface area contributed by atoms with Crippen LogP contribution in [0.4, 0.5) is 4.79 Å². The molecule has 0 saturated carbocycles. The first kappa shape index (κ1) is 24.3. The largest absolute Gasteiger partial charge is 0.481 e. The van der Waals surface area contributed by atoms with Crippen molar-refractivity contribution in [3.05, 3.63) is 59.7 Å². The Hall–Kier alpha value is -3.35. The molecule has 0 fully saturated rings. The van der Waals surface area contributed by atoms with E-state index in [2.05, 4.69) is 34.9 Å². The number of fused-ring (bicyclic) bond motifs is 3. The molecule has 7 heteroatoms. The van der Waals surface area contributed by atoms with Gasteiger partial charge in [-0.3, -0.25) is 9.59 Å². The van der Waals surface area contributed by atoms with Crippen molar-refractivity contribution in [2.75, 3.05) is 13.2 Å². The number of amides is 2. The molecule has 0 radical (unpaired) electrons. The summed E-state index contributed by atoms with van der Waals surface area (Å²) < 4.78 is 5.53. The minimum absolute atomic E-state index is 0.0376. The SMILES string of the molecule is CCC(NC(=O)OCC1c2ccccc2-c2ccccc21)C(=O)NCCC(C)CCC(=O)O. The van der Waals surface area contributed by atoms with Crippen molar-refractivity contribution < 1.29 is 24.2 Å². The molecule has 2 aromatic carbocycles. The van der Waals surface area contributed by atoms with Crippen LogP contribution in [0.3, 0.4) is 0 Å². The summed E-state index contributed by atoms with van der Waals surface area (Å²) in [5, 5.41) is 14.2. The van der Waals surface area contributed by atoms with Crippen LogP contribution in [0.25, 0.3) is 11.1 Å². The molecule has 2 aromatic rings. The molecule has 3 rings (SSSR count). The molecule has 0 bridgehead atoms. The molecular formula is C26H32N2O5. The van der Waals surface area contributed by atoms with Gasteiger partial charge in [-0.1, -0.05) is 62.4 Å². The van der Waals surface area contributed by atoms with E-state index in [1.165, 1.54) is 0 Å². The number of nitrogens with one attached hydrogen (secondary N) is 2. The van der Waals surface area contributed by atoms with Gasteiger partial charge in [0, 0.05) is 18.9 Å². The number of aliphatic carboxylic acids is 1. The van der Waals surface area contributed by atoms with Crippen molar-refractivity contribution >= 4 is 18.0 Å². The first-order chi connectivity index (χ1) is 15.9. The topological polar surface area (TPSA) is 105 Å². The van der Waals surface area contributed by atoms with Crippen molar-refractivity contribution in [3.8, 4) is 11.1 Å². The highest BCUT2D eigenvalue weighted by Crippen LogP contribution is 2.44. The third kappa shape index (κ3) is 6.34. The summed E-state index contributed by atoms with van der Waals surface area (Å²) >= 11 is 0. The van der Waals surface area contributed by atoms with Gasteiger partial charge in [-0.15, -0.1) is 0 Å². The summed E-state index contributed by atoms with van der Waals surface area (Å²) in [7, 11) is 0. The zero-order valence-corrected chi connectivity index (χ0v) is 19.2. The number of carbonyl (C=O) groups excluding carboxylic acids is 2. The third-order valence-corrected chi connectivity index (χ3v) is 6.15. The molecule has 2 atom stereocenters. The molecule has 0 heterocycles. The lowest BCUT2D eigenvalue weighted by Gasteiger charge is -2.19.